The summed E-state index contributed by atoms with van der Waals surface area (Å²) in [4.78, 5) is 10.2. The minimum Gasteiger partial charge on any atom is -0.384 e. The quantitative estimate of drug-likeness (QED) is 0.467. The molecule has 1 aromatic rings. The van der Waals surface area contributed by atoms with Crippen LogP contribution in [0.15, 0.2) is 18.2 Å². The van der Waals surface area contributed by atoms with Crippen LogP contribution in [0, 0.1) is 10.1 Å². The molecule has 6 heteroatoms. The number of benzene rings is 1. The number of nitrogens with one attached hydrogen (secondary N) is 1. The number of non-ortho nitro benzene ring substituents is 1. The van der Waals surface area contributed by atoms with E-state index < -0.39 is 4.92 Å². The minimum absolute atomic E-state index is 0.0554. The molecule has 0 aliphatic heterocycles. The van der Waals surface area contributed by atoms with Gasteiger partial charge in [0, 0.05) is 18.7 Å². The van der Waals surface area contributed by atoms with Crippen LogP contribution >= 0.6 is 23.4 Å². The fourth-order valence-electron chi connectivity index (χ4n) is 1.30. The predicted molar refractivity (Wildman–Crippen MR) is 74.2 cm³/mol. The first kappa shape index (κ1) is 14.1. The SMILES string of the molecule is CCSCCCNc1cc([N+](=O)[O-])ccc1Cl. The lowest BCUT2D eigenvalue weighted by Gasteiger charge is -2.07. The first-order valence-electron chi connectivity index (χ1n) is 5.40. The maximum absolute atomic E-state index is 10.6. The van der Waals surface area contributed by atoms with Crippen molar-refractivity contribution in [2.24, 2.45) is 0 Å². The fraction of sp³-hybridized carbons (Fsp3) is 0.455. The largest absolute Gasteiger partial charge is 0.384 e. The summed E-state index contributed by atoms with van der Waals surface area (Å²) in [5.74, 6) is 2.19. The van der Waals surface area contributed by atoms with Crippen molar-refractivity contribution in [3.8, 4) is 0 Å². The van der Waals surface area contributed by atoms with E-state index in [2.05, 4.69) is 12.2 Å². The molecule has 0 fully saturated rings. The van der Waals surface area contributed by atoms with Crippen LogP contribution in [0.4, 0.5) is 11.4 Å². The molecule has 17 heavy (non-hydrogen) atoms. The summed E-state index contributed by atoms with van der Waals surface area (Å²) < 4.78 is 0. The molecule has 0 atom stereocenters. The van der Waals surface area contributed by atoms with Crippen molar-refractivity contribution >= 4 is 34.7 Å². The molecule has 0 bridgehead atoms. The molecule has 4 nitrogen and oxygen atoms in total. The Kier molecular flexibility index (Phi) is 6.15. The second kappa shape index (κ2) is 7.40. The molecule has 0 aromatic heterocycles. The third-order valence-electron chi connectivity index (χ3n) is 2.15. The third kappa shape index (κ3) is 4.83. The number of nitro benzene ring substituents is 1. The summed E-state index contributed by atoms with van der Waals surface area (Å²) in [5, 5.41) is 14.2. The van der Waals surface area contributed by atoms with E-state index in [0.29, 0.717) is 10.7 Å². The summed E-state index contributed by atoms with van der Waals surface area (Å²) in [7, 11) is 0. The van der Waals surface area contributed by atoms with Crippen LogP contribution in [0.2, 0.25) is 5.02 Å². The molecule has 0 saturated heterocycles. The summed E-state index contributed by atoms with van der Waals surface area (Å²) >= 11 is 7.82. The smallest absolute Gasteiger partial charge is 0.271 e. The van der Waals surface area contributed by atoms with Gasteiger partial charge in [-0.25, -0.2) is 0 Å². The van der Waals surface area contributed by atoms with E-state index in [-0.39, 0.29) is 5.69 Å². The third-order valence-corrected chi connectivity index (χ3v) is 3.46. The Bertz CT molecular complexity index is 388. The molecule has 1 aromatic carbocycles. The normalized spacial score (nSPS) is 10.2. The lowest BCUT2D eigenvalue weighted by atomic mass is 10.2. The van der Waals surface area contributed by atoms with E-state index in [1.165, 1.54) is 12.1 Å². The van der Waals surface area contributed by atoms with E-state index in [0.717, 1.165) is 24.5 Å². The highest BCUT2D eigenvalue weighted by Gasteiger charge is 2.08. The van der Waals surface area contributed by atoms with Gasteiger partial charge in [-0.05, 0) is 24.0 Å². The molecule has 0 aliphatic rings. The van der Waals surface area contributed by atoms with E-state index in [9.17, 15) is 10.1 Å². The Balaban J connectivity index is 2.51. The molecular formula is C11H15ClN2O2S. The van der Waals surface area contributed by atoms with Crippen molar-refractivity contribution in [2.75, 3.05) is 23.4 Å². The van der Waals surface area contributed by atoms with Gasteiger partial charge in [-0.15, -0.1) is 0 Å². The van der Waals surface area contributed by atoms with Crippen molar-refractivity contribution in [1.29, 1.82) is 0 Å². The van der Waals surface area contributed by atoms with E-state index >= 15 is 0 Å². The zero-order valence-electron chi connectivity index (χ0n) is 9.61. The molecule has 0 heterocycles. The molecule has 1 rings (SSSR count). The molecule has 1 N–H and O–H groups in total. The first-order valence-corrected chi connectivity index (χ1v) is 6.94. The monoisotopic (exact) mass is 274 g/mol. The molecule has 0 amide bonds. The first-order chi connectivity index (χ1) is 8.15. The van der Waals surface area contributed by atoms with Crippen LogP contribution in [0.3, 0.4) is 0 Å². The number of nitro groups is 1. The van der Waals surface area contributed by atoms with Crippen LogP contribution in [-0.2, 0) is 0 Å². The van der Waals surface area contributed by atoms with Crippen molar-refractivity contribution in [3.63, 3.8) is 0 Å². The Morgan fingerprint density at radius 2 is 2.29 bits per heavy atom. The van der Waals surface area contributed by atoms with E-state index in [1.807, 2.05) is 11.8 Å². The zero-order valence-corrected chi connectivity index (χ0v) is 11.2. The fourth-order valence-corrected chi connectivity index (χ4v) is 2.13. The molecule has 0 unspecified atom stereocenters. The van der Waals surface area contributed by atoms with Crippen molar-refractivity contribution < 1.29 is 4.92 Å². The van der Waals surface area contributed by atoms with Crippen molar-refractivity contribution in [1.82, 2.24) is 0 Å². The number of hydrogen-bond acceptors (Lipinski definition) is 4. The number of hydrogen-bond donors (Lipinski definition) is 1. The second-order valence-electron chi connectivity index (χ2n) is 3.40. The van der Waals surface area contributed by atoms with Gasteiger partial charge in [-0.1, -0.05) is 18.5 Å². The van der Waals surface area contributed by atoms with Gasteiger partial charge < -0.3 is 5.32 Å². The van der Waals surface area contributed by atoms with Gasteiger partial charge in [-0.3, -0.25) is 10.1 Å². The van der Waals surface area contributed by atoms with Crippen LogP contribution < -0.4 is 5.32 Å². The minimum atomic E-state index is -0.422. The van der Waals surface area contributed by atoms with Crippen LogP contribution in [0.5, 0.6) is 0 Å². The zero-order chi connectivity index (χ0) is 12.7. The average Bonchev–Trinajstić information content (AvgIpc) is 2.30. The highest BCUT2D eigenvalue weighted by molar-refractivity contribution is 7.99. The number of thioether (sulfide) groups is 1. The molecule has 0 spiro atoms. The molecule has 0 radical (unpaired) electrons. The molecular weight excluding hydrogens is 260 g/mol. The average molecular weight is 275 g/mol. The second-order valence-corrected chi connectivity index (χ2v) is 5.20. The Hall–Kier alpha value is -0.940. The number of nitrogens with zero attached hydrogens (tertiary/aromatic N) is 1. The van der Waals surface area contributed by atoms with Crippen molar-refractivity contribution in [2.45, 2.75) is 13.3 Å². The van der Waals surface area contributed by atoms with E-state index in [1.54, 1.807) is 6.07 Å². The van der Waals surface area contributed by atoms with Crippen LogP contribution in [0.1, 0.15) is 13.3 Å². The maximum atomic E-state index is 10.6. The Morgan fingerprint density at radius 3 is 2.94 bits per heavy atom. The van der Waals surface area contributed by atoms with Gasteiger partial charge in [0.1, 0.15) is 0 Å². The number of anilines is 1. The molecule has 0 saturated carbocycles. The van der Waals surface area contributed by atoms with Gasteiger partial charge in [0.2, 0.25) is 0 Å². The van der Waals surface area contributed by atoms with E-state index in [4.69, 9.17) is 11.6 Å². The van der Waals surface area contributed by atoms with Gasteiger partial charge in [0.25, 0.3) is 5.69 Å². The maximum Gasteiger partial charge on any atom is 0.271 e. The standard InChI is InChI=1S/C11H15ClN2O2S/c1-2-17-7-3-6-13-11-8-9(14(15)16)4-5-10(11)12/h4-5,8,13H,2-3,6-7H2,1H3. The van der Waals surface area contributed by atoms with Gasteiger partial charge in [0.05, 0.1) is 15.6 Å². The number of halogens is 1. The summed E-state index contributed by atoms with van der Waals surface area (Å²) in [6.07, 6.45) is 1.01. The Morgan fingerprint density at radius 1 is 1.53 bits per heavy atom. The lowest BCUT2D eigenvalue weighted by Crippen LogP contribution is -2.03. The van der Waals surface area contributed by atoms with Gasteiger partial charge >= 0.3 is 0 Å². The topological polar surface area (TPSA) is 55.2 Å². The highest BCUT2D eigenvalue weighted by Crippen LogP contribution is 2.26. The van der Waals surface area contributed by atoms with Crippen molar-refractivity contribution in [3.05, 3.63) is 33.3 Å². The summed E-state index contributed by atoms with van der Waals surface area (Å²) in [5.41, 5.74) is 0.683. The summed E-state index contributed by atoms with van der Waals surface area (Å²) in [6, 6.07) is 4.42. The molecule has 94 valence electrons. The van der Waals surface area contributed by atoms with Gasteiger partial charge in [-0.2, -0.15) is 11.8 Å². The lowest BCUT2D eigenvalue weighted by molar-refractivity contribution is -0.384. The van der Waals surface area contributed by atoms with Crippen LogP contribution in [-0.4, -0.2) is 23.0 Å². The molecule has 0 aliphatic carbocycles. The van der Waals surface area contributed by atoms with Gasteiger partial charge in [0.15, 0.2) is 0 Å². The number of rotatable bonds is 7. The highest BCUT2D eigenvalue weighted by atomic mass is 35.5. The predicted octanol–water partition coefficient (Wildman–Crippen LogP) is 3.80. The Labute approximate surface area is 110 Å². The summed E-state index contributed by atoms with van der Waals surface area (Å²) in [6.45, 7) is 2.89. The van der Waals surface area contributed by atoms with Crippen LogP contribution in [0.25, 0.3) is 0 Å².